The molecule has 98 valence electrons. The summed E-state index contributed by atoms with van der Waals surface area (Å²) in [6.07, 6.45) is 7.05. The molecule has 5 nitrogen and oxygen atoms in total. The van der Waals surface area contributed by atoms with E-state index in [0.717, 1.165) is 24.4 Å². The summed E-state index contributed by atoms with van der Waals surface area (Å²) < 4.78 is 2.11. The van der Waals surface area contributed by atoms with Crippen molar-refractivity contribution in [1.82, 2.24) is 14.5 Å². The van der Waals surface area contributed by atoms with Crippen LogP contribution in [0.25, 0.3) is 0 Å². The second kappa shape index (κ2) is 4.84. The van der Waals surface area contributed by atoms with Crippen LogP contribution in [-0.4, -0.2) is 20.4 Å². The van der Waals surface area contributed by atoms with Crippen molar-refractivity contribution in [3.8, 4) is 0 Å². The number of carbonyl (C=O) groups is 1. The lowest BCUT2D eigenvalue weighted by molar-refractivity contribution is -0.120. The number of hydrogen-bond acceptors (Lipinski definition) is 3. The molecule has 0 saturated heterocycles. The molecule has 3 heterocycles. The second-order valence-corrected chi connectivity index (χ2v) is 4.94. The lowest BCUT2D eigenvalue weighted by Gasteiger charge is -2.22. The summed E-state index contributed by atoms with van der Waals surface area (Å²) in [5.41, 5.74) is 1.08. The maximum atomic E-state index is 12.2. The third-order valence-corrected chi connectivity index (χ3v) is 3.48. The van der Waals surface area contributed by atoms with Gasteiger partial charge in [0.15, 0.2) is 0 Å². The van der Waals surface area contributed by atoms with E-state index in [1.54, 1.807) is 12.4 Å². The molecular weight excluding hydrogens is 240 g/mol. The highest BCUT2D eigenvalue weighted by molar-refractivity contribution is 5.91. The molecule has 0 spiro atoms. The molecule has 1 N–H and O–H groups in total. The van der Waals surface area contributed by atoms with Crippen LogP contribution < -0.4 is 5.32 Å². The minimum absolute atomic E-state index is 0.0157. The molecule has 0 bridgehead atoms. The third kappa shape index (κ3) is 2.50. The van der Waals surface area contributed by atoms with Gasteiger partial charge in [-0.3, -0.25) is 4.79 Å². The molecule has 0 aliphatic carbocycles. The van der Waals surface area contributed by atoms with Gasteiger partial charge >= 0.3 is 0 Å². The van der Waals surface area contributed by atoms with Crippen molar-refractivity contribution in [2.24, 2.45) is 5.92 Å². The first-order chi connectivity index (χ1) is 9.22. The van der Waals surface area contributed by atoms with E-state index in [2.05, 4.69) is 19.9 Å². The Morgan fingerprint density at radius 1 is 1.42 bits per heavy atom. The highest BCUT2D eigenvalue weighted by Gasteiger charge is 2.25. The molecule has 1 atom stereocenters. The van der Waals surface area contributed by atoms with E-state index in [1.165, 1.54) is 0 Å². The van der Waals surface area contributed by atoms with Crippen LogP contribution in [0.15, 0.2) is 30.7 Å². The standard InChI is InChI=1S/C14H16N4O/c1-10-2-3-12(16-9-10)17-14(19)11-4-6-18-7-5-15-13(18)8-11/h2-3,5,7,9,11H,4,6,8H2,1H3,(H,16,17,19). The first-order valence-corrected chi connectivity index (χ1v) is 6.46. The summed E-state index contributed by atoms with van der Waals surface area (Å²) in [5, 5.41) is 2.87. The quantitative estimate of drug-likeness (QED) is 0.891. The first kappa shape index (κ1) is 11.9. The Kier molecular flexibility index (Phi) is 3.03. The van der Waals surface area contributed by atoms with Crippen molar-refractivity contribution in [1.29, 1.82) is 0 Å². The fourth-order valence-corrected chi connectivity index (χ4v) is 2.34. The number of hydrogen-bond donors (Lipinski definition) is 1. The number of anilines is 1. The summed E-state index contributed by atoms with van der Waals surface area (Å²) in [4.78, 5) is 20.7. The number of fused-ring (bicyclic) bond motifs is 1. The van der Waals surface area contributed by atoms with Crippen molar-refractivity contribution >= 4 is 11.7 Å². The van der Waals surface area contributed by atoms with Crippen LogP contribution in [0, 0.1) is 12.8 Å². The van der Waals surface area contributed by atoms with Crippen molar-refractivity contribution in [3.05, 3.63) is 42.1 Å². The molecular formula is C14H16N4O. The average Bonchev–Trinajstić information content (AvgIpc) is 2.88. The molecule has 1 amide bonds. The molecule has 0 fully saturated rings. The number of carbonyl (C=O) groups excluding carboxylic acids is 1. The molecule has 2 aromatic heterocycles. The maximum absolute atomic E-state index is 12.2. The lowest BCUT2D eigenvalue weighted by Crippen LogP contribution is -2.30. The summed E-state index contributed by atoms with van der Waals surface area (Å²) in [6, 6.07) is 3.77. The van der Waals surface area contributed by atoms with Gasteiger partial charge in [-0.25, -0.2) is 9.97 Å². The smallest absolute Gasteiger partial charge is 0.229 e. The van der Waals surface area contributed by atoms with E-state index in [1.807, 2.05) is 25.3 Å². The molecule has 2 aromatic rings. The summed E-state index contributed by atoms with van der Waals surface area (Å²) in [7, 11) is 0. The summed E-state index contributed by atoms with van der Waals surface area (Å²) in [5.74, 6) is 1.62. The van der Waals surface area contributed by atoms with Gasteiger partial charge in [0.05, 0.1) is 0 Å². The van der Waals surface area contributed by atoms with E-state index in [0.29, 0.717) is 12.2 Å². The van der Waals surface area contributed by atoms with Crippen LogP contribution in [0.2, 0.25) is 0 Å². The summed E-state index contributed by atoms with van der Waals surface area (Å²) >= 11 is 0. The largest absolute Gasteiger partial charge is 0.335 e. The van der Waals surface area contributed by atoms with Crippen molar-refractivity contribution in [3.63, 3.8) is 0 Å². The molecule has 0 aromatic carbocycles. The van der Waals surface area contributed by atoms with Gasteiger partial charge in [0.1, 0.15) is 11.6 Å². The normalized spacial score (nSPS) is 17.8. The Balaban J connectivity index is 1.67. The predicted octanol–water partition coefficient (Wildman–Crippen LogP) is 1.79. The van der Waals surface area contributed by atoms with Gasteiger partial charge in [0.2, 0.25) is 5.91 Å². The molecule has 1 aliphatic heterocycles. The van der Waals surface area contributed by atoms with Crippen LogP contribution >= 0.6 is 0 Å². The Labute approximate surface area is 111 Å². The Bertz CT molecular complexity index is 588. The van der Waals surface area contributed by atoms with E-state index in [-0.39, 0.29) is 11.8 Å². The van der Waals surface area contributed by atoms with Gasteiger partial charge in [0, 0.05) is 37.5 Å². The number of rotatable bonds is 2. The monoisotopic (exact) mass is 256 g/mol. The highest BCUT2D eigenvalue weighted by Crippen LogP contribution is 2.20. The predicted molar refractivity (Wildman–Crippen MR) is 71.6 cm³/mol. The summed E-state index contributed by atoms with van der Waals surface area (Å²) in [6.45, 7) is 2.83. The van der Waals surface area contributed by atoms with E-state index < -0.39 is 0 Å². The zero-order valence-corrected chi connectivity index (χ0v) is 10.8. The number of pyridine rings is 1. The van der Waals surface area contributed by atoms with Gasteiger partial charge in [-0.1, -0.05) is 6.07 Å². The van der Waals surface area contributed by atoms with Gasteiger partial charge in [-0.05, 0) is 25.0 Å². The molecule has 0 saturated carbocycles. The van der Waals surface area contributed by atoms with Crippen molar-refractivity contribution < 1.29 is 4.79 Å². The molecule has 3 rings (SSSR count). The van der Waals surface area contributed by atoms with Gasteiger partial charge in [0.25, 0.3) is 0 Å². The first-order valence-electron chi connectivity index (χ1n) is 6.46. The number of aryl methyl sites for hydroxylation is 2. The minimum atomic E-state index is -0.0157. The van der Waals surface area contributed by atoms with Crippen molar-refractivity contribution in [2.45, 2.75) is 26.3 Å². The maximum Gasteiger partial charge on any atom is 0.229 e. The van der Waals surface area contributed by atoms with E-state index >= 15 is 0 Å². The van der Waals surface area contributed by atoms with Crippen LogP contribution in [-0.2, 0) is 17.8 Å². The minimum Gasteiger partial charge on any atom is -0.335 e. The Morgan fingerprint density at radius 3 is 3.11 bits per heavy atom. The van der Waals surface area contributed by atoms with Gasteiger partial charge < -0.3 is 9.88 Å². The SMILES string of the molecule is Cc1ccc(NC(=O)C2CCn3ccnc3C2)nc1. The number of imidazole rings is 1. The third-order valence-electron chi connectivity index (χ3n) is 3.48. The second-order valence-electron chi connectivity index (χ2n) is 4.94. The van der Waals surface area contributed by atoms with Gasteiger partial charge in [-0.2, -0.15) is 0 Å². The van der Waals surface area contributed by atoms with Crippen LogP contribution in [0.3, 0.4) is 0 Å². The fourth-order valence-electron chi connectivity index (χ4n) is 2.34. The fraction of sp³-hybridized carbons (Fsp3) is 0.357. The Morgan fingerprint density at radius 2 is 2.32 bits per heavy atom. The number of nitrogens with zero attached hydrogens (tertiary/aromatic N) is 3. The van der Waals surface area contributed by atoms with Crippen LogP contribution in [0.4, 0.5) is 5.82 Å². The number of amides is 1. The van der Waals surface area contributed by atoms with Crippen LogP contribution in [0.5, 0.6) is 0 Å². The number of nitrogens with one attached hydrogen (secondary N) is 1. The molecule has 1 aliphatic rings. The van der Waals surface area contributed by atoms with Gasteiger partial charge in [-0.15, -0.1) is 0 Å². The molecule has 19 heavy (non-hydrogen) atoms. The van der Waals surface area contributed by atoms with Crippen LogP contribution in [0.1, 0.15) is 17.8 Å². The van der Waals surface area contributed by atoms with E-state index in [9.17, 15) is 4.79 Å². The Hall–Kier alpha value is -2.17. The topological polar surface area (TPSA) is 59.8 Å². The highest BCUT2D eigenvalue weighted by atomic mass is 16.1. The lowest BCUT2D eigenvalue weighted by atomic mass is 9.97. The number of aromatic nitrogens is 3. The zero-order valence-electron chi connectivity index (χ0n) is 10.8. The van der Waals surface area contributed by atoms with Crippen molar-refractivity contribution in [2.75, 3.05) is 5.32 Å². The molecule has 0 radical (unpaired) electrons. The average molecular weight is 256 g/mol. The molecule has 1 unspecified atom stereocenters. The zero-order chi connectivity index (χ0) is 13.2. The molecule has 5 heteroatoms. The van der Waals surface area contributed by atoms with E-state index in [4.69, 9.17) is 0 Å².